The first-order valence-corrected chi connectivity index (χ1v) is 6.51. The number of pyridine rings is 1. The Bertz CT molecular complexity index is 821. The Morgan fingerprint density at radius 1 is 1.00 bits per heavy atom. The highest BCUT2D eigenvalue weighted by Gasteiger charge is 2.11. The number of hydrogen-bond donors (Lipinski definition) is 2. The van der Waals surface area contributed by atoms with E-state index in [2.05, 4.69) is 25.4 Å². The highest BCUT2D eigenvalue weighted by molar-refractivity contribution is 6.30. The van der Waals surface area contributed by atoms with E-state index in [4.69, 9.17) is 11.6 Å². The minimum Gasteiger partial charge on any atom is -0.295 e. The molecule has 0 amide bonds. The number of H-pyrrole nitrogens is 2. The van der Waals surface area contributed by atoms with Gasteiger partial charge in [0.1, 0.15) is 0 Å². The van der Waals surface area contributed by atoms with E-state index >= 15 is 0 Å². The van der Waals surface area contributed by atoms with Gasteiger partial charge in [0, 0.05) is 16.8 Å². The fraction of sp³-hybridized carbons (Fsp3) is 0. The number of rotatable bonds is 3. The minimum atomic E-state index is -0.348. The number of azo groups is 1. The van der Waals surface area contributed by atoms with E-state index in [9.17, 15) is 4.79 Å². The molecule has 0 aliphatic heterocycles. The van der Waals surface area contributed by atoms with E-state index in [-0.39, 0.29) is 11.2 Å². The Morgan fingerprint density at radius 3 is 2.52 bits per heavy atom. The first-order valence-electron chi connectivity index (χ1n) is 6.13. The van der Waals surface area contributed by atoms with E-state index < -0.39 is 0 Å². The standard InChI is InChI=1S/C14H10ClN5O/c15-10-6-4-9(5-7-10)12-13(14(21)20-18-12)19-17-11-3-1-2-8-16-11/h1-8H,(H2,18,20,21). The molecule has 0 atom stereocenters. The third-order valence-corrected chi connectivity index (χ3v) is 3.04. The third kappa shape index (κ3) is 2.90. The van der Waals surface area contributed by atoms with Crippen molar-refractivity contribution in [3.05, 3.63) is 64.0 Å². The molecule has 0 bridgehead atoms. The number of aromatic nitrogens is 3. The van der Waals surface area contributed by atoms with E-state index in [0.717, 1.165) is 5.56 Å². The minimum absolute atomic E-state index is 0.197. The second-order valence-corrected chi connectivity index (χ2v) is 4.63. The van der Waals surface area contributed by atoms with Crippen LogP contribution in [0.5, 0.6) is 0 Å². The third-order valence-electron chi connectivity index (χ3n) is 2.79. The normalized spacial score (nSPS) is 11.1. The number of halogens is 1. The molecule has 0 unspecified atom stereocenters. The van der Waals surface area contributed by atoms with Gasteiger partial charge in [-0.1, -0.05) is 29.8 Å². The first-order chi connectivity index (χ1) is 10.2. The van der Waals surface area contributed by atoms with Crippen molar-refractivity contribution in [1.29, 1.82) is 0 Å². The van der Waals surface area contributed by atoms with E-state index in [1.807, 2.05) is 0 Å². The SMILES string of the molecule is O=c1[nH][nH]c(-c2ccc(Cl)cc2)c1N=Nc1ccccn1. The average molecular weight is 300 g/mol. The summed E-state index contributed by atoms with van der Waals surface area (Å²) in [7, 11) is 0. The molecule has 0 aliphatic carbocycles. The van der Waals surface area contributed by atoms with Crippen LogP contribution >= 0.6 is 11.6 Å². The van der Waals surface area contributed by atoms with Crippen LogP contribution < -0.4 is 5.56 Å². The van der Waals surface area contributed by atoms with Crippen LogP contribution in [0.25, 0.3) is 11.3 Å². The lowest BCUT2D eigenvalue weighted by atomic mass is 10.1. The monoisotopic (exact) mass is 299 g/mol. The predicted octanol–water partition coefficient (Wildman–Crippen LogP) is 3.83. The van der Waals surface area contributed by atoms with E-state index in [1.54, 1.807) is 48.7 Å². The van der Waals surface area contributed by atoms with Gasteiger partial charge in [-0.2, -0.15) is 0 Å². The van der Waals surface area contributed by atoms with Gasteiger partial charge in [-0.25, -0.2) is 4.98 Å². The topological polar surface area (TPSA) is 86.3 Å². The van der Waals surface area contributed by atoms with Gasteiger partial charge in [0.05, 0.1) is 5.69 Å². The van der Waals surface area contributed by atoms with Gasteiger partial charge in [-0.05, 0) is 24.3 Å². The van der Waals surface area contributed by atoms with Crippen LogP contribution in [0.4, 0.5) is 11.5 Å². The van der Waals surface area contributed by atoms with Gasteiger partial charge in [0.2, 0.25) is 0 Å². The maximum Gasteiger partial charge on any atom is 0.292 e. The van der Waals surface area contributed by atoms with Crippen molar-refractivity contribution in [1.82, 2.24) is 15.2 Å². The van der Waals surface area contributed by atoms with Crippen molar-refractivity contribution in [2.75, 3.05) is 0 Å². The molecule has 1 aromatic carbocycles. The van der Waals surface area contributed by atoms with Crippen molar-refractivity contribution in [2.45, 2.75) is 0 Å². The largest absolute Gasteiger partial charge is 0.295 e. The molecule has 104 valence electrons. The number of benzene rings is 1. The lowest BCUT2D eigenvalue weighted by molar-refractivity contribution is 1.06. The molecule has 0 spiro atoms. The van der Waals surface area contributed by atoms with E-state index in [1.165, 1.54) is 0 Å². The summed E-state index contributed by atoms with van der Waals surface area (Å²) in [5.41, 5.74) is 1.19. The Morgan fingerprint density at radius 2 is 1.81 bits per heavy atom. The molecule has 3 aromatic rings. The molecule has 0 fully saturated rings. The molecule has 2 aromatic heterocycles. The summed E-state index contributed by atoms with van der Waals surface area (Å²) in [6.45, 7) is 0. The molecule has 0 radical (unpaired) electrons. The smallest absolute Gasteiger partial charge is 0.292 e. The Kier molecular flexibility index (Phi) is 3.61. The van der Waals surface area contributed by atoms with Crippen molar-refractivity contribution in [3.63, 3.8) is 0 Å². The summed E-state index contributed by atoms with van der Waals surface area (Å²) in [5, 5.41) is 13.9. The van der Waals surface area contributed by atoms with E-state index in [0.29, 0.717) is 16.5 Å². The van der Waals surface area contributed by atoms with Gasteiger partial charge in [0.15, 0.2) is 11.5 Å². The molecule has 2 N–H and O–H groups in total. The summed E-state index contributed by atoms with van der Waals surface area (Å²) in [5.74, 6) is 0.431. The van der Waals surface area contributed by atoms with Crippen molar-refractivity contribution in [2.24, 2.45) is 10.2 Å². The van der Waals surface area contributed by atoms with Crippen molar-refractivity contribution < 1.29 is 0 Å². The van der Waals surface area contributed by atoms with Gasteiger partial charge >= 0.3 is 0 Å². The van der Waals surface area contributed by atoms with Crippen LogP contribution in [0.1, 0.15) is 0 Å². The predicted molar refractivity (Wildman–Crippen MR) is 80.3 cm³/mol. The summed E-state index contributed by atoms with van der Waals surface area (Å²) in [6, 6.07) is 12.3. The molecule has 0 aliphatic rings. The lowest BCUT2D eigenvalue weighted by Crippen LogP contribution is -1.96. The quantitative estimate of drug-likeness (QED) is 0.720. The van der Waals surface area contributed by atoms with Crippen LogP contribution in [0, 0.1) is 0 Å². The van der Waals surface area contributed by atoms with Gasteiger partial charge in [0.25, 0.3) is 5.56 Å². The number of nitrogens with one attached hydrogen (secondary N) is 2. The molecule has 2 heterocycles. The maximum absolute atomic E-state index is 11.8. The van der Waals surface area contributed by atoms with Crippen LogP contribution in [0.3, 0.4) is 0 Å². The van der Waals surface area contributed by atoms with Gasteiger partial charge in [-0.3, -0.25) is 15.0 Å². The molecular formula is C14H10ClN5O. The summed E-state index contributed by atoms with van der Waals surface area (Å²) in [4.78, 5) is 15.8. The van der Waals surface area contributed by atoms with Crippen molar-refractivity contribution in [3.8, 4) is 11.3 Å². The zero-order valence-electron chi connectivity index (χ0n) is 10.7. The van der Waals surface area contributed by atoms with Crippen LogP contribution in [0.2, 0.25) is 5.02 Å². The zero-order chi connectivity index (χ0) is 14.7. The molecule has 21 heavy (non-hydrogen) atoms. The lowest BCUT2D eigenvalue weighted by Gasteiger charge is -1.98. The van der Waals surface area contributed by atoms with Crippen LogP contribution in [-0.2, 0) is 0 Å². The second-order valence-electron chi connectivity index (χ2n) is 4.20. The summed E-state index contributed by atoms with van der Waals surface area (Å²) in [6.07, 6.45) is 1.61. The second kappa shape index (κ2) is 5.72. The van der Waals surface area contributed by atoms with Crippen LogP contribution in [-0.4, -0.2) is 15.2 Å². The summed E-state index contributed by atoms with van der Waals surface area (Å²) < 4.78 is 0. The Labute approximate surface area is 124 Å². The van der Waals surface area contributed by atoms with Gasteiger partial charge < -0.3 is 0 Å². The van der Waals surface area contributed by atoms with Crippen LogP contribution in [0.15, 0.2) is 63.7 Å². The highest BCUT2D eigenvalue weighted by atomic mass is 35.5. The number of nitrogens with zero attached hydrogens (tertiary/aromatic N) is 3. The molecule has 3 rings (SSSR count). The Balaban J connectivity index is 2.00. The maximum atomic E-state index is 11.8. The van der Waals surface area contributed by atoms with Crippen molar-refractivity contribution >= 4 is 23.1 Å². The first kappa shape index (κ1) is 13.3. The molecule has 0 saturated heterocycles. The summed E-state index contributed by atoms with van der Waals surface area (Å²) >= 11 is 5.86. The molecular weight excluding hydrogens is 290 g/mol. The average Bonchev–Trinajstić information content (AvgIpc) is 2.88. The molecule has 7 heteroatoms. The number of aromatic amines is 2. The fourth-order valence-electron chi connectivity index (χ4n) is 1.79. The Hall–Kier alpha value is -2.73. The molecule has 6 nitrogen and oxygen atoms in total. The highest BCUT2D eigenvalue weighted by Crippen LogP contribution is 2.27. The zero-order valence-corrected chi connectivity index (χ0v) is 11.5. The molecule has 0 saturated carbocycles. The van der Waals surface area contributed by atoms with Gasteiger partial charge in [-0.15, -0.1) is 10.2 Å². The number of hydrogen-bond acceptors (Lipinski definition) is 4. The fourth-order valence-corrected chi connectivity index (χ4v) is 1.91.